The molecule has 0 spiro atoms. The molecule has 2 nitrogen and oxygen atoms in total. The van der Waals surface area contributed by atoms with Gasteiger partial charge >= 0.3 is 0 Å². The van der Waals surface area contributed by atoms with E-state index < -0.39 is 0 Å². The molecule has 1 unspecified atom stereocenters. The summed E-state index contributed by atoms with van der Waals surface area (Å²) >= 11 is 0. The highest BCUT2D eigenvalue weighted by molar-refractivity contribution is 5.35. The minimum atomic E-state index is 0.365. The molecule has 1 aliphatic carbocycles. The number of hydrogen-bond donors (Lipinski definition) is 1. The molecule has 1 aliphatic rings. The minimum absolute atomic E-state index is 0.365. The van der Waals surface area contributed by atoms with Gasteiger partial charge in [0.2, 0.25) is 0 Å². The van der Waals surface area contributed by atoms with E-state index in [4.69, 9.17) is 4.74 Å². The first-order valence-electron chi connectivity index (χ1n) is 7.80. The normalized spacial score (nSPS) is 17.6. The van der Waals surface area contributed by atoms with Crippen LogP contribution in [0.1, 0.15) is 64.0 Å². The van der Waals surface area contributed by atoms with E-state index in [9.17, 15) is 0 Å². The largest absolute Gasteiger partial charge is 0.490 e. The Morgan fingerprint density at radius 1 is 1.26 bits per heavy atom. The smallest absolute Gasteiger partial charge is 0.124 e. The zero-order chi connectivity index (χ0) is 13.5. The molecule has 1 saturated carbocycles. The molecule has 0 aromatic heterocycles. The van der Waals surface area contributed by atoms with Crippen LogP contribution < -0.4 is 10.1 Å². The van der Waals surface area contributed by atoms with Crippen LogP contribution in [0.5, 0.6) is 5.75 Å². The summed E-state index contributed by atoms with van der Waals surface area (Å²) in [5.41, 5.74) is 1.30. The van der Waals surface area contributed by atoms with Crippen molar-refractivity contribution >= 4 is 0 Å². The summed E-state index contributed by atoms with van der Waals surface area (Å²) in [6.07, 6.45) is 7.96. The summed E-state index contributed by atoms with van der Waals surface area (Å²) in [6, 6.07) is 8.85. The Morgan fingerprint density at radius 2 is 2.00 bits per heavy atom. The van der Waals surface area contributed by atoms with E-state index in [1.807, 2.05) is 0 Å². The molecule has 0 aliphatic heterocycles. The van der Waals surface area contributed by atoms with Crippen LogP contribution in [0.25, 0.3) is 0 Å². The maximum Gasteiger partial charge on any atom is 0.124 e. The third-order valence-electron chi connectivity index (χ3n) is 3.96. The van der Waals surface area contributed by atoms with E-state index in [0.717, 1.165) is 12.3 Å². The number of rotatable bonds is 7. The van der Waals surface area contributed by atoms with Crippen molar-refractivity contribution in [3.63, 3.8) is 0 Å². The summed E-state index contributed by atoms with van der Waals surface area (Å²) < 4.78 is 6.19. The van der Waals surface area contributed by atoms with Crippen molar-refractivity contribution in [2.75, 3.05) is 6.54 Å². The molecule has 0 heterocycles. The standard InChI is InChI=1S/C17H27NO/c1-3-4-13-18-14(2)16-11-7-8-12-17(16)19-15-9-5-6-10-15/h7-8,11-12,14-15,18H,3-6,9-10,13H2,1-2H3. The minimum Gasteiger partial charge on any atom is -0.490 e. The van der Waals surface area contributed by atoms with Gasteiger partial charge < -0.3 is 10.1 Å². The fraction of sp³-hybridized carbons (Fsp3) is 0.647. The molecule has 2 rings (SSSR count). The van der Waals surface area contributed by atoms with Crippen molar-refractivity contribution in [1.29, 1.82) is 0 Å². The lowest BCUT2D eigenvalue weighted by Crippen LogP contribution is -2.21. The second kappa shape index (κ2) is 7.54. The van der Waals surface area contributed by atoms with Gasteiger partial charge in [-0.15, -0.1) is 0 Å². The van der Waals surface area contributed by atoms with Crippen LogP contribution in [-0.4, -0.2) is 12.6 Å². The van der Waals surface area contributed by atoms with Crippen LogP contribution in [0, 0.1) is 0 Å². The quantitative estimate of drug-likeness (QED) is 0.732. The first-order valence-corrected chi connectivity index (χ1v) is 7.80. The van der Waals surface area contributed by atoms with Gasteiger partial charge in [-0.05, 0) is 51.6 Å². The number of unbranched alkanes of at least 4 members (excludes halogenated alkanes) is 1. The molecule has 0 saturated heterocycles. The SMILES string of the molecule is CCCCNC(C)c1ccccc1OC1CCCC1. The van der Waals surface area contributed by atoms with Crippen LogP contribution >= 0.6 is 0 Å². The molecule has 0 amide bonds. The summed E-state index contributed by atoms with van der Waals surface area (Å²) in [5, 5.41) is 3.59. The third kappa shape index (κ3) is 4.24. The Bertz CT molecular complexity index is 371. The summed E-state index contributed by atoms with van der Waals surface area (Å²) in [5.74, 6) is 1.07. The average Bonchev–Trinajstić information content (AvgIpc) is 2.92. The van der Waals surface area contributed by atoms with Crippen LogP contribution in [0.15, 0.2) is 24.3 Å². The van der Waals surface area contributed by atoms with Crippen molar-refractivity contribution in [2.45, 2.75) is 64.5 Å². The molecule has 19 heavy (non-hydrogen) atoms. The van der Waals surface area contributed by atoms with Crippen molar-refractivity contribution < 1.29 is 4.74 Å². The van der Waals surface area contributed by atoms with Gasteiger partial charge in [-0.25, -0.2) is 0 Å². The van der Waals surface area contributed by atoms with Crippen molar-refractivity contribution in [1.82, 2.24) is 5.32 Å². The van der Waals surface area contributed by atoms with Gasteiger partial charge in [0.25, 0.3) is 0 Å². The van der Waals surface area contributed by atoms with Crippen molar-refractivity contribution in [3.8, 4) is 5.75 Å². The number of ether oxygens (including phenoxy) is 1. The molecule has 0 bridgehead atoms. The number of hydrogen-bond acceptors (Lipinski definition) is 2. The van der Waals surface area contributed by atoms with Crippen LogP contribution in [0.4, 0.5) is 0 Å². The zero-order valence-corrected chi connectivity index (χ0v) is 12.3. The highest BCUT2D eigenvalue weighted by Crippen LogP contribution is 2.29. The number of nitrogens with one attached hydrogen (secondary N) is 1. The maximum absolute atomic E-state index is 6.19. The molecular formula is C17H27NO. The summed E-state index contributed by atoms with van der Waals surface area (Å²) in [6.45, 7) is 5.53. The van der Waals surface area contributed by atoms with E-state index in [-0.39, 0.29) is 0 Å². The lowest BCUT2D eigenvalue weighted by atomic mass is 10.1. The molecule has 1 aromatic carbocycles. The summed E-state index contributed by atoms with van der Waals surface area (Å²) in [4.78, 5) is 0. The lowest BCUT2D eigenvalue weighted by molar-refractivity contribution is 0.206. The van der Waals surface area contributed by atoms with Crippen LogP contribution in [0.2, 0.25) is 0 Å². The van der Waals surface area contributed by atoms with Gasteiger partial charge in [0.1, 0.15) is 5.75 Å². The monoisotopic (exact) mass is 261 g/mol. The van der Waals surface area contributed by atoms with Gasteiger partial charge in [0, 0.05) is 11.6 Å². The number of para-hydroxylation sites is 1. The number of benzene rings is 1. The van der Waals surface area contributed by atoms with Gasteiger partial charge in [0.15, 0.2) is 0 Å². The predicted octanol–water partition coefficient (Wildman–Crippen LogP) is 4.46. The Balaban J connectivity index is 1.98. The first kappa shape index (κ1) is 14.4. The molecule has 1 fully saturated rings. The average molecular weight is 261 g/mol. The Morgan fingerprint density at radius 3 is 2.74 bits per heavy atom. The Hall–Kier alpha value is -1.02. The van der Waals surface area contributed by atoms with E-state index in [2.05, 4.69) is 43.4 Å². The van der Waals surface area contributed by atoms with Gasteiger partial charge in [0.05, 0.1) is 6.10 Å². The fourth-order valence-corrected chi connectivity index (χ4v) is 2.74. The fourth-order valence-electron chi connectivity index (χ4n) is 2.74. The third-order valence-corrected chi connectivity index (χ3v) is 3.96. The molecule has 106 valence electrons. The van der Waals surface area contributed by atoms with E-state index >= 15 is 0 Å². The van der Waals surface area contributed by atoms with Crippen molar-refractivity contribution in [2.24, 2.45) is 0 Å². The molecule has 0 radical (unpaired) electrons. The first-order chi connectivity index (χ1) is 9.31. The van der Waals surface area contributed by atoms with E-state index in [0.29, 0.717) is 12.1 Å². The molecule has 2 heteroatoms. The Kier molecular flexibility index (Phi) is 5.71. The predicted molar refractivity (Wildman–Crippen MR) is 80.7 cm³/mol. The zero-order valence-electron chi connectivity index (χ0n) is 12.3. The van der Waals surface area contributed by atoms with E-state index in [1.54, 1.807) is 0 Å². The van der Waals surface area contributed by atoms with Crippen LogP contribution in [-0.2, 0) is 0 Å². The van der Waals surface area contributed by atoms with E-state index in [1.165, 1.54) is 44.1 Å². The maximum atomic E-state index is 6.19. The Labute approximate surface area is 117 Å². The molecule has 1 aromatic rings. The topological polar surface area (TPSA) is 21.3 Å². The van der Waals surface area contributed by atoms with Gasteiger partial charge in [-0.3, -0.25) is 0 Å². The molecule has 1 N–H and O–H groups in total. The second-order valence-electron chi connectivity index (χ2n) is 5.59. The molecule has 1 atom stereocenters. The lowest BCUT2D eigenvalue weighted by Gasteiger charge is -2.21. The van der Waals surface area contributed by atoms with Gasteiger partial charge in [-0.1, -0.05) is 31.5 Å². The summed E-state index contributed by atoms with van der Waals surface area (Å²) in [7, 11) is 0. The van der Waals surface area contributed by atoms with Crippen LogP contribution in [0.3, 0.4) is 0 Å². The molecular weight excluding hydrogens is 234 g/mol. The van der Waals surface area contributed by atoms with Crippen molar-refractivity contribution in [3.05, 3.63) is 29.8 Å². The second-order valence-corrected chi connectivity index (χ2v) is 5.59. The highest BCUT2D eigenvalue weighted by atomic mass is 16.5. The van der Waals surface area contributed by atoms with Gasteiger partial charge in [-0.2, -0.15) is 0 Å². The highest BCUT2D eigenvalue weighted by Gasteiger charge is 2.19.